The van der Waals surface area contributed by atoms with E-state index >= 15 is 0 Å². The standard InChI is InChI=1S/C6H11N3S.C2H6/c1-3-5-8-9-6(10-5)4-7-2;1-2/h7H,3-4H2,1-2H3;1-2H3. The minimum atomic E-state index is 0.831. The molecule has 0 saturated heterocycles. The number of hydrogen-bond donors (Lipinski definition) is 1. The second-order valence-corrected chi connectivity index (χ2v) is 3.12. The van der Waals surface area contributed by atoms with Gasteiger partial charge in [-0.25, -0.2) is 0 Å². The van der Waals surface area contributed by atoms with Crippen molar-refractivity contribution in [1.29, 1.82) is 0 Å². The van der Waals surface area contributed by atoms with E-state index in [0.717, 1.165) is 23.0 Å². The predicted octanol–water partition coefficient (Wildman–Crippen LogP) is 1.85. The number of hydrogen-bond acceptors (Lipinski definition) is 4. The van der Waals surface area contributed by atoms with Crippen LogP contribution in [0, 0.1) is 0 Å². The van der Waals surface area contributed by atoms with Gasteiger partial charge < -0.3 is 5.32 Å². The van der Waals surface area contributed by atoms with Crippen LogP contribution in [0.15, 0.2) is 0 Å². The van der Waals surface area contributed by atoms with Crippen LogP contribution in [0.3, 0.4) is 0 Å². The highest BCUT2D eigenvalue weighted by Crippen LogP contribution is 2.08. The maximum Gasteiger partial charge on any atom is 0.131 e. The fourth-order valence-corrected chi connectivity index (χ4v) is 1.45. The third-order valence-electron chi connectivity index (χ3n) is 1.14. The summed E-state index contributed by atoms with van der Waals surface area (Å²) in [5, 5.41) is 13.2. The van der Waals surface area contributed by atoms with Gasteiger partial charge in [0.25, 0.3) is 0 Å². The van der Waals surface area contributed by atoms with Gasteiger partial charge in [-0.2, -0.15) is 0 Å². The first-order chi connectivity index (χ1) is 5.86. The number of aryl methyl sites for hydroxylation is 1. The number of nitrogens with zero attached hydrogens (tertiary/aromatic N) is 2. The zero-order valence-electron chi connectivity index (χ0n) is 8.22. The lowest BCUT2D eigenvalue weighted by atomic mass is 10.5. The zero-order valence-corrected chi connectivity index (χ0v) is 9.03. The maximum absolute atomic E-state index is 3.98. The first kappa shape index (κ1) is 11.5. The van der Waals surface area contributed by atoms with Crippen LogP contribution < -0.4 is 5.32 Å². The van der Waals surface area contributed by atoms with Crippen molar-refractivity contribution in [2.75, 3.05) is 7.05 Å². The van der Waals surface area contributed by atoms with Crippen molar-refractivity contribution in [2.24, 2.45) is 0 Å². The number of aromatic nitrogens is 2. The van der Waals surface area contributed by atoms with E-state index in [1.54, 1.807) is 11.3 Å². The SMILES string of the molecule is CC.CCc1nnc(CNC)s1. The Morgan fingerprint density at radius 3 is 2.25 bits per heavy atom. The van der Waals surface area contributed by atoms with Gasteiger partial charge >= 0.3 is 0 Å². The largest absolute Gasteiger partial charge is 0.313 e. The van der Waals surface area contributed by atoms with Crippen molar-refractivity contribution in [3.63, 3.8) is 0 Å². The number of rotatable bonds is 3. The van der Waals surface area contributed by atoms with Gasteiger partial charge in [-0.15, -0.1) is 21.5 Å². The van der Waals surface area contributed by atoms with Crippen LogP contribution in [0.4, 0.5) is 0 Å². The van der Waals surface area contributed by atoms with Gasteiger partial charge in [0.2, 0.25) is 0 Å². The van der Waals surface area contributed by atoms with Crippen LogP contribution >= 0.6 is 11.3 Å². The normalized spacial score (nSPS) is 9.00. The highest BCUT2D eigenvalue weighted by Gasteiger charge is 1.98. The third kappa shape index (κ3) is 3.78. The van der Waals surface area contributed by atoms with E-state index in [9.17, 15) is 0 Å². The van der Waals surface area contributed by atoms with Crippen LogP contribution in [-0.2, 0) is 13.0 Å². The first-order valence-corrected chi connectivity index (χ1v) is 5.14. The van der Waals surface area contributed by atoms with Crippen molar-refractivity contribution in [2.45, 2.75) is 33.7 Å². The van der Waals surface area contributed by atoms with Gasteiger partial charge in [-0.05, 0) is 13.5 Å². The molecule has 1 aromatic heterocycles. The minimum Gasteiger partial charge on any atom is -0.313 e. The molecule has 3 nitrogen and oxygen atoms in total. The monoisotopic (exact) mass is 187 g/mol. The van der Waals surface area contributed by atoms with Crippen molar-refractivity contribution < 1.29 is 0 Å². The van der Waals surface area contributed by atoms with Gasteiger partial charge in [0.05, 0.1) is 0 Å². The average molecular weight is 187 g/mol. The molecule has 4 heteroatoms. The summed E-state index contributed by atoms with van der Waals surface area (Å²) in [6.07, 6.45) is 0.987. The molecule has 0 radical (unpaired) electrons. The molecule has 0 aliphatic rings. The first-order valence-electron chi connectivity index (χ1n) is 4.32. The average Bonchev–Trinajstić information content (AvgIpc) is 2.57. The summed E-state index contributed by atoms with van der Waals surface area (Å²) < 4.78 is 0. The topological polar surface area (TPSA) is 37.8 Å². The Bertz CT molecular complexity index is 198. The van der Waals surface area contributed by atoms with Crippen molar-refractivity contribution >= 4 is 11.3 Å². The third-order valence-corrected chi connectivity index (χ3v) is 2.21. The molecule has 0 unspecified atom stereocenters. The molecular weight excluding hydrogens is 170 g/mol. The molecule has 70 valence electrons. The molecule has 0 bridgehead atoms. The van der Waals surface area contributed by atoms with E-state index < -0.39 is 0 Å². The summed E-state index contributed by atoms with van der Waals surface area (Å²) in [5.74, 6) is 0. The Kier molecular flexibility index (Phi) is 6.90. The van der Waals surface area contributed by atoms with Crippen LogP contribution in [-0.4, -0.2) is 17.2 Å². The summed E-state index contributed by atoms with van der Waals surface area (Å²) in [6, 6.07) is 0. The predicted molar refractivity (Wildman–Crippen MR) is 53.4 cm³/mol. The highest BCUT2D eigenvalue weighted by molar-refractivity contribution is 7.11. The highest BCUT2D eigenvalue weighted by atomic mass is 32.1. The lowest BCUT2D eigenvalue weighted by Crippen LogP contribution is -2.04. The van der Waals surface area contributed by atoms with Gasteiger partial charge in [-0.3, -0.25) is 0 Å². The molecule has 0 aliphatic heterocycles. The summed E-state index contributed by atoms with van der Waals surface area (Å²) in [7, 11) is 1.91. The van der Waals surface area contributed by atoms with Gasteiger partial charge in [-0.1, -0.05) is 20.8 Å². The second kappa shape index (κ2) is 7.18. The van der Waals surface area contributed by atoms with E-state index in [2.05, 4.69) is 22.4 Å². The number of nitrogens with one attached hydrogen (secondary N) is 1. The molecule has 0 aliphatic carbocycles. The quantitative estimate of drug-likeness (QED) is 0.784. The molecule has 1 aromatic rings. The van der Waals surface area contributed by atoms with E-state index in [4.69, 9.17) is 0 Å². The molecule has 0 saturated carbocycles. The Hall–Kier alpha value is -0.480. The van der Waals surface area contributed by atoms with Crippen LogP contribution in [0.2, 0.25) is 0 Å². The zero-order chi connectivity index (χ0) is 9.40. The summed E-state index contributed by atoms with van der Waals surface area (Å²) in [6.45, 7) is 6.92. The Labute approximate surface area is 78.2 Å². The van der Waals surface area contributed by atoms with Crippen molar-refractivity contribution in [1.82, 2.24) is 15.5 Å². The fraction of sp³-hybridized carbons (Fsp3) is 0.750. The summed E-state index contributed by atoms with van der Waals surface area (Å²) >= 11 is 1.67. The smallest absolute Gasteiger partial charge is 0.131 e. The van der Waals surface area contributed by atoms with Gasteiger partial charge in [0, 0.05) is 6.54 Å². The lowest BCUT2D eigenvalue weighted by Gasteiger charge is -1.87. The molecule has 0 amide bonds. The molecular formula is C8H17N3S. The Morgan fingerprint density at radius 2 is 1.83 bits per heavy atom. The van der Waals surface area contributed by atoms with Crippen molar-refractivity contribution in [3.8, 4) is 0 Å². The molecule has 1 N–H and O–H groups in total. The van der Waals surface area contributed by atoms with E-state index in [1.165, 1.54) is 0 Å². The minimum absolute atomic E-state index is 0.831. The van der Waals surface area contributed by atoms with Crippen LogP contribution in [0.5, 0.6) is 0 Å². The van der Waals surface area contributed by atoms with Gasteiger partial charge in [0.1, 0.15) is 10.0 Å². The fourth-order valence-electron chi connectivity index (χ4n) is 0.654. The van der Waals surface area contributed by atoms with Crippen LogP contribution in [0.1, 0.15) is 30.8 Å². The molecule has 0 spiro atoms. The molecule has 0 fully saturated rings. The molecule has 12 heavy (non-hydrogen) atoms. The molecule has 0 aromatic carbocycles. The molecule has 1 rings (SSSR count). The van der Waals surface area contributed by atoms with Gasteiger partial charge in [0.15, 0.2) is 0 Å². The van der Waals surface area contributed by atoms with E-state index in [1.807, 2.05) is 20.9 Å². The Balaban J connectivity index is 0.000000561. The van der Waals surface area contributed by atoms with Crippen molar-refractivity contribution in [3.05, 3.63) is 10.0 Å². The molecule has 1 heterocycles. The summed E-state index contributed by atoms with van der Waals surface area (Å²) in [5.41, 5.74) is 0. The maximum atomic E-state index is 3.98. The van der Waals surface area contributed by atoms with Crippen LogP contribution in [0.25, 0.3) is 0 Å². The molecule has 0 atom stereocenters. The van der Waals surface area contributed by atoms with E-state index in [-0.39, 0.29) is 0 Å². The Morgan fingerprint density at radius 1 is 1.25 bits per heavy atom. The van der Waals surface area contributed by atoms with E-state index in [0.29, 0.717) is 0 Å². The summed E-state index contributed by atoms with van der Waals surface area (Å²) in [4.78, 5) is 0. The lowest BCUT2D eigenvalue weighted by molar-refractivity contribution is 0.791. The second-order valence-electron chi connectivity index (χ2n) is 1.97.